The maximum absolute atomic E-state index is 13.8. The third-order valence-electron chi connectivity index (χ3n) is 5.63. The highest BCUT2D eigenvalue weighted by Gasteiger charge is 2.36. The molecular formula is C25H25Cl2N2O2+. The molecule has 3 aromatic carbocycles. The summed E-state index contributed by atoms with van der Waals surface area (Å²) in [5.41, 5.74) is 2.83. The number of benzene rings is 3. The fraction of sp³-hybridized carbons (Fsp3) is 0.240. The summed E-state index contributed by atoms with van der Waals surface area (Å²) in [7, 11) is 0. The summed E-state index contributed by atoms with van der Waals surface area (Å²) < 4.78 is 5.53. The molecule has 0 unspecified atom stereocenters. The number of halogens is 2. The third kappa shape index (κ3) is 5.28. The van der Waals surface area contributed by atoms with Crippen molar-refractivity contribution in [3.63, 3.8) is 0 Å². The number of hydrogen-bond acceptors (Lipinski definition) is 2. The Morgan fingerprint density at radius 1 is 0.871 bits per heavy atom. The summed E-state index contributed by atoms with van der Waals surface area (Å²) in [5, 5.41) is 4.35. The van der Waals surface area contributed by atoms with Gasteiger partial charge in [0, 0.05) is 10.6 Å². The predicted molar refractivity (Wildman–Crippen MR) is 124 cm³/mol. The van der Waals surface area contributed by atoms with Gasteiger partial charge in [0.1, 0.15) is 13.1 Å². The van der Waals surface area contributed by atoms with Gasteiger partial charge < -0.3 is 15.0 Å². The minimum atomic E-state index is -0.455. The van der Waals surface area contributed by atoms with Crippen molar-refractivity contribution in [3.05, 3.63) is 106 Å². The number of carbonyl (C=O) groups excluding carboxylic acids is 1. The summed E-state index contributed by atoms with van der Waals surface area (Å²) in [5.74, 6) is -0.0705. The Balaban J connectivity index is 1.69. The summed E-state index contributed by atoms with van der Waals surface area (Å²) >= 11 is 12.7. The standard InChI is InChI=1S/C25H24Cl2N2O2/c26-20-11-12-21(22(27)17-20)24(29-13-15-31-16-14-29)25(30)28-23(18-7-3-1-4-8-18)19-9-5-2-6-10-19/h1-12,17,23-24H,13-16H2,(H,28,30)/p+1/t24-/m0/s1. The fourth-order valence-corrected chi connectivity index (χ4v) is 4.60. The van der Waals surface area contributed by atoms with Crippen LogP contribution in [0.3, 0.4) is 0 Å². The summed E-state index contributed by atoms with van der Waals surface area (Å²) in [6, 6.07) is 24.6. The zero-order chi connectivity index (χ0) is 21.6. The van der Waals surface area contributed by atoms with E-state index < -0.39 is 6.04 Å². The van der Waals surface area contributed by atoms with Gasteiger partial charge >= 0.3 is 0 Å². The molecule has 0 bridgehead atoms. The van der Waals surface area contributed by atoms with Crippen LogP contribution in [-0.4, -0.2) is 32.2 Å². The smallest absolute Gasteiger partial charge is 0.283 e. The Hall–Kier alpha value is -2.37. The Morgan fingerprint density at radius 3 is 2.00 bits per heavy atom. The Morgan fingerprint density at radius 2 is 1.45 bits per heavy atom. The molecule has 4 rings (SSSR count). The lowest BCUT2D eigenvalue weighted by molar-refractivity contribution is -0.929. The summed E-state index contributed by atoms with van der Waals surface area (Å²) in [4.78, 5) is 14.9. The molecule has 4 nitrogen and oxygen atoms in total. The van der Waals surface area contributed by atoms with Crippen LogP contribution >= 0.6 is 23.2 Å². The van der Waals surface area contributed by atoms with E-state index in [0.717, 1.165) is 34.7 Å². The van der Waals surface area contributed by atoms with Crippen molar-refractivity contribution >= 4 is 29.1 Å². The Kier molecular flexibility index (Phi) is 7.25. The first kappa shape index (κ1) is 21.8. The van der Waals surface area contributed by atoms with Gasteiger partial charge in [-0.15, -0.1) is 0 Å². The average Bonchev–Trinajstić information content (AvgIpc) is 2.81. The summed E-state index contributed by atoms with van der Waals surface area (Å²) in [6.45, 7) is 2.70. The lowest BCUT2D eigenvalue weighted by Gasteiger charge is -2.32. The second-order valence-electron chi connectivity index (χ2n) is 7.63. The first-order valence-electron chi connectivity index (χ1n) is 10.4. The minimum Gasteiger partial charge on any atom is -0.370 e. The van der Waals surface area contributed by atoms with E-state index in [-0.39, 0.29) is 11.9 Å². The zero-order valence-electron chi connectivity index (χ0n) is 17.1. The molecule has 31 heavy (non-hydrogen) atoms. The zero-order valence-corrected chi connectivity index (χ0v) is 18.6. The first-order chi connectivity index (χ1) is 15.1. The van der Waals surface area contributed by atoms with Gasteiger partial charge in [0.05, 0.1) is 24.3 Å². The molecule has 0 saturated carbocycles. The van der Waals surface area contributed by atoms with Crippen LogP contribution in [0.25, 0.3) is 0 Å². The topological polar surface area (TPSA) is 42.8 Å². The van der Waals surface area contributed by atoms with Crippen molar-refractivity contribution in [2.24, 2.45) is 0 Å². The van der Waals surface area contributed by atoms with Crippen LogP contribution in [0.2, 0.25) is 10.0 Å². The molecule has 1 amide bonds. The molecule has 1 fully saturated rings. The lowest BCUT2D eigenvalue weighted by Crippen LogP contribution is -3.15. The molecule has 1 atom stereocenters. The van der Waals surface area contributed by atoms with Crippen LogP contribution in [0, 0.1) is 0 Å². The lowest BCUT2D eigenvalue weighted by atomic mass is 9.97. The van der Waals surface area contributed by atoms with Crippen molar-refractivity contribution in [1.29, 1.82) is 0 Å². The van der Waals surface area contributed by atoms with Crippen LogP contribution in [0.1, 0.15) is 28.8 Å². The predicted octanol–water partition coefficient (Wildman–Crippen LogP) is 3.86. The molecule has 160 valence electrons. The van der Waals surface area contributed by atoms with E-state index in [0.29, 0.717) is 23.3 Å². The van der Waals surface area contributed by atoms with Gasteiger partial charge in [-0.25, -0.2) is 0 Å². The maximum atomic E-state index is 13.8. The highest BCUT2D eigenvalue weighted by molar-refractivity contribution is 6.35. The van der Waals surface area contributed by atoms with E-state index in [1.165, 1.54) is 0 Å². The highest BCUT2D eigenvalue weighted by Crippen LogP contribution is 2.27. The van der Waals surface area contributed by atoms with Gasteiger partial charge in [0.15, 0.2) is 6.04 Å². The molecule has 2 N–H and O–H groups in total. The second-order valence-corrected chi connectivity index (χ2v) is 8.48. The molecular weight excluding hydrogens is 431 g/mol. The van der Waals surface area contributed by atoms with E-state index >= 15 is 0 Å². The molecule has 1 aliphatic heterocycles. The van der Waals surface area contributed by atoms with Gasteiger partial charge in [0.25, 0.3) is 5.91 Å². The van der Waals surface area contributed by atoms with Crippen molar-refractivity contribution < 1.29 is 14.4 Å². The van der Waals surface area contributed by atoms with Crippen molar-refractivity contribution in [3.8, 4) is 0 Å². The largest absolute Gasteiger partial charge is 0.370 e. The molecule has 0 spiro atoms. The van der Waals surface area contributed by atoms with Crippen LogP contribution in [0.4, 0.5) is 0 Å². The number of nitrogens with one attached hydrogen (secondary N) is 2. The average molecular weight is 456 g/mol. The Labute approximate surface area is 192 Å². The van der Waals surface area contributed by atoms with Gasteiger partial charge in [-0.05, 0) is 29.3 Å². The second kappa shape index (κ2) is 10.3. The van der Waals surface area contributed by atoms with Crippen molar-refractivity contribution in [2.75, 3.05) is 26.3 Å². The number of ether oxygens (including phenoxy) is 1. The minimum absolute atomic E-state index is 0.0705. The SMILES string of the molecule is O=C(NC(c1ccccc1)c1ccccc1)[C@H](c1ccc(Cl)cc1Cl)[NH+]1CCOCC1. The normalized spacial score (nSPS) is 15.6. The van der Waals surface area contributed by atoms with Gasteiger partial charge in [-0.3, -0.25) is 4.79 Å². The van der Waals surface area contributed by atoms with E-state index in [1.54, 1.807) is 12.1 Å². The molecule has 6 heteroatoms. The molecule has 0 aromatic heterocycles. The number of amides is 1. The summed E-state index contributed by atoms with van der Waals surface area (Å²) in [6.07, 6.45) is 0. The third-order valence-corrected chi connectivity index (χ3v) is 6.19. The van der Waals surface area contributed by atoms with Crippen LogP contribution in [0.15, 0.2) is 78.9 Å². The van der Waals surface area contributed by atoms with Gasteiger partial charge in [0.2, 0.25) is 0 Å². The van der Waals surface area contributed by atoms with Crippen LogP contribution in [0.5, 0.6) is 0 Å². The molecule has 3 aromatic rings. The number of hydrogen-bond donors (Lipinski definition) is 2. The highest BCUT2D eigenvalue weighted by atomic mass is 35.5. The van der Waals surface area contributed by atoms with Crippen molar-refractivity contribution in [2.45, 2.75) is 12.1 Å². The van der Waals surface area contributed by atoms with E-state index in [1.807, 2.05) is 66.7 Å². The van der Waals surface area contributed by atoms with E-state index in [4.69, 9.17) is 27.9 Å². The number of quaternary nitrogens is 1. The molecule has 1 aliphatic rings. The van der Waals surface area contributed by atoms with Crippen molar-refractivity contribution in [1.82, 2.24) is 5.32 Å². The van der Waals surface area contributed by atoms with E-state index in [2.05, 4.69) is 5.32 Å². The fourth-order valence-electron chi connectivity index (χ4n) is 4.08. The number of morpholine rings is 1. The maximum Gasteiger partial charge on any atom is 0.283 e. The van der Waals surface area contributed by atoms with Crippen LogP contribution in [-0.2, 0) is 9.53 Å². The molecule has 1 heterocycles. The van der Waals surface area contributed by atoms with Gasteiger partial charge in [-0.2, -0.15) is 0 Å². The monoisotopic (exact) mass is 455 g/mol. The van der Waals surface area contributed by atoms with E-state index in [9.17, 15) is 4.79 Å². The molecule has 0 radical (unpaired) electrons. The number of carbonyl (C=O) groups is 1. The molecule has 1 saturated heterocycles. The number of rotatable bonds is 6. The quantitative estimate of drug-likeness (QED) is 0.592. The molecule has 0 aliphatic carbocycles. The van der Waals surface area contributed by atoms with Gasteiger partial charge in [-0.1, -0.05) is 83.9 Å². The van der Waals surface area contributed by atoms with Crippen LogP contribution < -0.4 is 10.2 Å². The Bertz CT molecular complexity index is 969. The first-order valence-corrected chi connectivity index (χ1v) is 11.2.